The fourth-order valence-corrected chi connectivity index (χ4v) is 2.49. The van der Waals surface area contributed by atoms with Gasteiger partial charge in [0, 0.05) is 19.2 Å². The molecule has 0 aliphatic carbocycles. The molecule has 3 N–H and O–H groups in total. The molecule has 0 unspecified atom stereocenters. The lowest BCUT2D eigenvalue weighted by Crippen LogP contribution is -2.52. The first kappa shape index (κ1) is 17.3. The third-order valence-corrected chi connectivity index (χ3v) is 3.92. The fraction of sp³-hybridized carbons (Fsp3) is 0.846. The number of aliphatic hydroxyl groups excluding tert-OH is 1. The molecule has 0 aliphatic heterocycles. The van der Waals surface area contributed by atoms with Crippen molar-refractivity contribution in [3.8, 4) is 0 Å². The smallest absolute Gasteiger partial charge is 0.235 e. The second-order valence-corrected chi connectivity index (χ2v) is 5.26. The number of nitrogens with zero attached hydrogens (tertiary/aromatic N) is 1. The maximum atomic E-state index is 12.7. The number of aliphatic hydroxyl groups is 1. The van der Waals surface area contributed by atoms with Crippen LogP contribution in [0.15, 0.2) is 0 Å². The summed E-state index contributed by atoms with van der Waals surface area (Å²) in [4.78, 5) is 14.7. The normalized spacial score (nSPS) is 11.7. The Morgan fingerprint density at radius 1 is 1.39 bits per heavy atom. The van der Waals surface area contributed by atoms with E-state index in [0.29, 0.717) is 25.8 Å². The van der Waals surface area contributed by atoms with Gasteiger partial charge in [-0.05, 0) is 33.1 Å². The Labute approximate surface area is 116 Å². The van der Waals surface area contributed by atoms with Crippen LogP contribution in [-0.2, 0) is 4.79 Å². The maximum Gasteiger partial charge on any atom is 0.235 e. The van der Waals surface area contributed by atoms with E-state index in [1.165, 1.54) is 0 Å². The van der Waals surface area contributed by atoms with E-state index < -0.39 is 5.41 Å². The van der Waals surface area contributed by atoms with Crippen molar-refractivity contribution in [3.05, 3.63) is 0 Å². The summed E-state index contributed by atoms with van der Waals surface area (Å²) in [5.74, 6) is -0.0107. The molecule has 0 radical (unpaired) electrons. The Morgan fingerprint density at radius 3 is 2.17 bits per heavy atom. The Bertz CT molecular complexity index is 289. The van der Waals surface area contributed by atoms with Gasteiger partial charge in [0.05, 0.1) is 10.4 Å². The van der Waals surface area contributed by atoms with E-state index in [1.807, 2.05) is 27.7 Å². The molecule has 0 spiro atoms. The molecule has 0 atom stereocenters. The van der Waals surface area contributed by atoms with Gasteiger partial charge in [0.25, 0.3) is 0 Å². The lowest BCUT2D eigenvalue weighted by molar-refractivity contribution is -0.140. The quantitative estimate of drug-likeness (QED) is 0.661. The van der Waals surface area contributed by atoms with Gasteiger partial charge >= 0.3 is 0 Å². The number of carbonyl (C=O) groups is 1. The number of nitrogens with two attached hydrogens (primary N) is 1. The minimum atomic E-state index is -0.741. The summed E-state index contributed by atoms with van der Waals surface area (Å²) in [5, 5.41) is 8.92. The number of hydrogen-bond donors (Lipinski definition) is 2. The van der Waals surface area contributed by atoms with Gasteiger partial charge < -0.3 is 15.7 Å². The highest BCUT2D eigenvalue weighted by Gasteiger charge is 2.41. The molecule has 106 valence electrons. The molecular formula is C13H26N2O2S. The summed E-state index contributed by atoms with van der Waals surface area (Å²) in [6, 6.07) is 0.0795. The largest absolute Gasteiger partial charge is 0.396 e. The summed E-state index contributed by atoms with van der Waals surface area (Å²) < 4.78 is 0. The first-order chi connectivity index (χ1) is 8.37. The van der Waals surface area contributed by atoms with E-state index in [0.717, 1.165) is 0 Å². The van der Waals surface area contributed by atoms with Crippen molar-refractivity contribution in [1.29, 1.82) is 0 Å². The van der Waals surface area contributed by atoms with Gasteiger partial charge in [-0.1, -0.05) is 26.1 Å². The number of thiocarbonyl (C=S) groups is 1. The van der Waals surface area contributed by atoms with Crippen LogP contribution in [0.2, 0.25) is 0 Å². The van der Waals surface area contributed by atoms with Gasteiger partial charge in [-0.15, -0.1) is 0 Å². The van der Waals surface area contributed by atoms with Gasteiger partial charge in [0.1, 0.15) is 0 Å². The molecule has 18 heavy (non-hydrogen) atoms. The second-order valence-electron chi connectivity index (χ2n) is 4.82. The minimum absolute atomic E-state index is 0.0107. The van der Waals surface area contributed by atoms with Crippen molar-refractivity contribution < 1.29 is 9.90 Å². The summed E-state index contributed by atoms with van der Waals surface area (Å²) in [6.07, 6.45) is 1.80. The zero-order valence-corrected chi connectivity index (χ0v) is 12.7. The van der Waals surface area contributed by atoms with E-state index in [-0.39, 0.29) is 23.5 Å². The highest BCUT2D eigenvalue weighted by Crippen LogP contribution is 2.30. The van der Waals surface area contributed by atoms with Crippen LogP contribution < -0.4 is 5.73 Å². The van der Waals surface area contributed by atoms with Gasteiger partial charge in [-0.25, -0.2) is 0 Å². The topological polar surface area (TPSA) is 66.6 Å². The predicted molar refractivity (Wildman–Crippen MR) is 78.4 cm³/mol. The number of rotatable bonds is 8. The van der Waals surface area contributed by atoms with Crippen molar-refractivity contribution in [2.75, 3.05) is 13.2 Å². The molecule has 5 heteroatoms. The molecule has 0 aromatic rings. The van der Waals surface area contributed by atoms with E-state index >= 15 is 0 Å². The molecule has 0 heterocycles. The lowest BCUT2D eigenvalue weighted by atomic mass is 9.80. The summed E-state index contributed by atoms with van der Waals surface area (Å²) in [6.45, 7) is 8.41. The van der Waals surface area contributed by atoms with Gasteiger partial charge in [0.15, 0.2) is 0 Å². The van der Waals surface area contributed by atoms with Crippen LogP contribution in [0.1, 0.15) is 47.0 Å². The van der Waals surface area contributed by atoms with Crippen LogP contribution in [0.25, 0.3) is 0 Å². The van der Waals surface area contributed by atoms with E-state index in [9.17, 15) is 4.79 Å². The van der Waals surface area contributed by atoms with Crippen molar-refractivity contribution in [2.24, 2.45) is 11.1 Å². The van der Waals surface area contributed by atoms with E-state index in [1.54, 1.807) is 4.90 Å². The fourth-order valence-electron chi connectivity index (χ4n) is 2.12. The van der Waals surface area contributed by atoms with Crippen molar-refractivity contribution in [2.45, 2.75) is 53.0 Å². The Morgan fingerprint density at radius 2 is 1.89 bits per heavy atom. The van der Waals surface area contributed by atoms with Crippen molar-refractivity contribution >= 4 is 23.1 Å². The number of amides is 1. The standard InChI is InChI=1S/C13H26N2O2S/c1-5-13(6-2,11(14)18)12(17)15(10(3)4)8-7-9-16/h10,16H,5-9H2,1-4H3,(H2,14,18). The average molecular weight is 274 g/mol. The molecule has 4 nitrogen and oxygen atoms in total. The summed E-state index contributed by atoms with van der Waals surface area (Å²) >= 11 is 5.10. The second kappa shape index (κ2) is 7.69. The zero-order chi connectivity index (χ0) is 14.3. The summed E-state index contributed by atoms with van der Waals surface area (Å²) in [5.41, 5.74) is 5.05. The molecule has 0 saturated heterocycles. The van der Waals surface area contributed by atoms with E-state index in [2.05, 4.69) is 0 Å². The van der Waals surface area contributed by atoms with Gasteiger partial charge in [-0.2, -0.15) is 0 Å². The van der Waals surface area contributed by atoms with Gasteiger partial charge in [-0.3, -0.25) is 4.79 Å². The molecule has 0 fully saturated rings. The van der Waals surface area contributed by atoms with Crippen LogP contribution in [0.5, 0.6) is 0 Å². The van der Waals surface area contributed by atoms with Crippen LogP contribution >= 0.6 is 12.2 Å². The van der Waals surface area contributed by atoms with Gasteiger partial charge in [0.2, 0.25) is 5.91 Å². The van der Waals surface area contributed by atoms with Crippen molar-refractivity contribution in [1.82, 2.24) is 4.90 Å². The van der Waals surface area contributed by atoms with Crippen LogP contribution in [0.4, 0.5) is 0 Å². The lowest BCUT2D eigenvalue weighted by Gasteiger charge is -2.37. The summed E-state index contributed by atoms with van der Waals surface area (Å²) in [7, 11) is 0. The Balaban J connectivity index is 5.19. The van der Waals surface area contributed by atoms with E-state index in [4.69, 9.17) is 23.1 Å². The molecule has 0 rings (SSSR count). The minimum Gasteiger partial charge on any atom is -0.396 e. The average Bonchev–Trinajstić information content (AvgIpc) is 2.31. The van der Waals surface area contributed by atoms with Crippen LogP contribution in [0.3, 0.4) is 0 Å². The Kier molecular flexibility index (Phi) is 7.40. The first-order valence-electron chi connectivity index (χ1n) is 6.59. The number of carbonyl (C=O) groups excluding carboxylic acids is 1. The molecule has 0 aliphatic rings. The SMILES string of the molecule is CCC(CC)(C(=O)N(CCCO)C(C)C)C(N)=S. The van der Waals surface area contributed by atoms with Crippen LogP contribution in [-0.4, -0.2) is 40.1 Å². The Hall–Kier alpha value is -0.680. The molecule has 0 aromatic heterocycles. The molecule has 0 saturated carbocycles. The van der Waals surface area contributed by atoms with Crippen molar-refractivity contribution in [3.63, 3.8) is 0 Å². The zero-order valence-electron chi connectivity index (χ0n) is 11.9. The predicted octanol–water partition coefficient (Wildman–Crippen LogP) is 1.70. The molecular weight excluding hydrogens is 248 g/mol. The molecule has 0 bridgehead atoms. The third kappa shape index (κ3) is 3.65. The monoisotopic (exact) mass is 274 g/mol. The molecule has 0 aromatic carbocycles. The molecule has 1 amide bonds. The maximum absolute atomic E-state index is 12.7. The number of hydrogen-bond acceptors (Lipinski definition) is 3. The first-order valence-corrected chi connectivity index (χ1v) is 7.00. The third-order valence-electron chi connectivity index (χ3n) is 3.53. The highest BCUT2D eigenvalue weighted by atomic mass is 32.1. The highest BCUT2D eigenvalue weighted by molar-refractivity contribution is 7.80. The van der Waals surface area contributed by atoms with Crippen LogP contribution in [0, 0.1) is 5.41 Å².